The Hall–Kier alpha value is -2.20. The fourth-order valence-electron chi connectivity index (χ4n) is 4.74. The van der Waals surface area contributed by atoms with Gasteiger partial charge in [0.05, 0.1) is 34.9 Å². The highest BCUT2D eigenvalue weighted by Crippen LogP contribution is 2.40. The molecule has 5 rings (SSSR count). The van der Waals surface area contributed by atoms with Gasteiger partial charge in [0.1, 0.15) is 0 Å². The van der Waals surface area contributed by atoms with Crippen molar-refractivity contribution in [1.29, 1.82) is 0 Å². The molecule has 0 bridgehead atoms. The summed E-state index contributed by atoms with van der Waals surface area (Å²) in [5.41, 5.74) is 6.28. The molecule has 0 N–H and O–H groups in total. The van der Waals surface area contributed by atoms with Crippen LogP contribution in [0.15, 0.2) is 36.4 Å². The molecule has 4 aromatic rings. The third-order valence-corrected chi connectivity index (χ3v) is 7.39. The zero-order valence-electron chi connectivity index (χ0n) is 16.3. The van der Waals surface area contributed by atoms with E-state index < -0.39 is 0 Å². The van der Waals surface area contributed by atoms with Crippen molar-refractivity contribution < 1.29 is 4.57 Å². The predicted molar refractivity (Wildman–Crippen MR) is 113 cm³/mol. The smallest absolute Gasteiger partial charge is 0.240 e. The average Bonchev–Trinajstić information content (AvgIpc) is 3.24. The number of imidazole rings is 1. The molecule has 27 heavy (non-hydrogen) atoms. The Morgan fingerprint density at radius 1 is 1.07 bits per heavy atom. The first-order valence-electron chi connectivity index (χ1n) is 9.99. The van der Waals surface area contributed by atoms with Gasteiger partial charge in [-0.15, -0.1) is 11.3 Å². The van der Waals surface area contributed by atoms with E-state index in [1.54, 1.807) is 0 Å². The Kier molecular flexibility index (Phi) is 4.05. The molecule has 0 aliphatic heterocycles. The molecule has 1 aliphatic carbocycles. The zero-order chi connectivity index (χ0) is 18.5. The molecule has 0 radical (unpaired) electrons. The minimum atomic E-state index is 0.658. The van der Waals surface area contributed by atoms with Crippen molar-refractivity contribution in [2.75, 3.05) is 0 Å². The third kappa shape index (κ3) is 2.61. The van der Waals surface area contributed by atoms with Crippen LogP contribution in [0.4, 0.5) is 0 Å². The minimum absolute atomic E-state index is 0.658. The van der Waals surface area contributed by atoms with E-state index in [-0.39, 0.29) is 0 Å². The van der Waals surface area contributed by atoms with E-state index in [0.29, 0.717) is 5.92 Å². The molecule has 0 amide bonds. The van der Waals surface area contributed by atoms with E-state index in [4.69, 9.17) is 4.98 Å². The van der Waals surface area contributed by atoms with Crippen LogP contribution in [-0.4, -0.2) is 9.55 Å². The molecule has 2 aromatic carbocycles. The van der Waals surface area contributed by atoms with Crippen LogP contribution in [0, 0.1) is 6.92 Å². The molecule has 0 atom stereocenters. The number of aryl methyl sites for hydroxylation is 3. The van der Waals surface area contributed by atoms with Gasteiger partial charge in [-0.25, -0.2) is 14.1 Å². The van der Waals surface area contributed by atoms with Crippen molar-refractivity contribution in [3.8, 4) is 11.4 Å². The molecule has 0 spiro atoms. The highest BCUT2D eigenvalue weighted by molar-refractivity contribution is 7.18. The summed E-state index contributed by atoms with van der Waals surface area (Å²) in [4.78, 5) is 5.22. The van der Waals surface area contributed by atoms with E-state index in [0.717, 1.165) is 0 Å². The number of aromatic nitrogens is 3. The van der Waals surface area contributed by atoms with Gasteiger partial charge in [-0.1, -0.05) is 37.5 Å². The lowest BCUT2D eigenvalue weighted by Gasteiger charge is -2.18. The Morgan fingerprint density at radius 3 is 2.63 bits per heavy atom. The van der Waals surface area contributed by atoms with Crippen LogP contribution in [-0.2, 0) is 14.1 Å². The van der Waals surface area contributed by atoms with Gasteiger partial charge in [-0.3, -0.25) is 0 Å². The summed E-state index contributed by atoms with van der Waals surface area (Å²) in [6.07, 6.45) is 6.69. The highest BCUT2D eigenvalue weighted by atomic mass is 32.1. The summed E-state index contributed by atoms with van der Waals surface area (Å²) in [5, 5.41) is 1.35. The molecule has 138 valence electrons. The lowest BCUT2D eigenvalue weighted by Crippen LogP contribution is -2.30. The number of nitrogens with zero attached hydrogens (tertiary/aromatic N) is 3. The van der Waals surface area contributed by atoms with Crippen LogP contribution in [0.25, 0.3) is 32.6 Å². The summed E-state index contributed by atoms with van der Waals surface area (Å²) in [6.45, 7) is 2.21. The highest BCUT2D eigenvalue weighted by Gasteiger charge is 2.27. The summed E-state index contributed by atoms with van der Waals surface area (Å²) >= 11 is 1.91. The Morgan fingerprint density at radius 2 is 1.85 bits per heavy atom. The van der Waals surface area contributed by atoms with Crippen LogP contribution >= 0.6 is 11.3 Å². The predicted octanol–water partition coefficient (Wildman–Crippen LogP) is 5.64. The van der Waals surface area contributed by atoms with Crippen molar-refractivity contribution in [3.05, 3.63) is 47.0 Å². The maximum atomic E-state index is 5.22. The third-order valence-electron chi connectivity index (χ3n) is 6.20. The van der Waals surface area contributed by atoms with Crippen LogP contribution < -0.4 is 4.57 Å². The fourth-order valence-corrected chi connectivity index (χ4v) is 5.88. The molecule has 0 unspecified atom stereocenters. The number of hydrogen-bond acceptors (Lipinski definition) is 2. The van der Waals surface area contributed by atoms with Gasteiger partial charge < -0.3 is 0 Å². The number of benzene rings is 2. The maximum Gasteiger partial charge on any atom is 0.291 e. The van der Waals surface area contributed by atoms with Gasteiger partial charge in [0.15, 0.2) is 11.0 Å². The minimum Gasteiger partial charge on any atom is -0.240 e. The van der Waals surface area contributed by atoms with Gasteiger partial charge in [0.2, 0.25) is 0 Å². The van der Waals surface area contributed by atoms with Gasteiger partial charge in [0, 0.05) is 5.92 Å². The molecular formula is C23H26N3S+. The number of fused-ring (bicyclic) bond motifs is 2. The van der Waals surface area contributed by atoms with Gasteiger partial charge in [-0.2, -0.15) is 0 Å². The normalized spacial score (nSPS) is 15.8. The van der Waals surface area contributed by atoms with Crippen LogP contribution in [0.5, 0.6) is 0 Å². The quantitative estimate of drug-likeness (QED) is 0.415. The summed E-state index contributed by atoms with van der Waals surface area (Å²) in [5.74, 6) is 1.89. The maximum absolute atomic E-state index is 5.22. The first kappa shape index (κ1) is 16.9. The summed E-state index contributed by atoms with van der Waals surface area (Å²) < 4.78 is 5.95. The average molecular weight is 377 g/mol. The molecule has 0 saturated heterocycles. The summed E-state index contributed by atoms with van der Waals surface area (Å²) in [7, 11) is 4.34. The SMILES string of the molecule is Cc1ccc2sc(C3CCCCC3)nc2c1-c1n(C)c2ccccc2[n+]1C. The van der Waals surface area contributed by atoms with Crippen molar-refractivity contribution in [3.63, 3.8) is 0 Å². The molecule has 3 nitrogen and oxygen atoms in total. The standard InChI is InChI=1S/C23H26N3S/c1-15-13-14-19-21(24-22(27-19)16-9-5-4-6-10-16)20(15)23-25(2)17-11-7-8-12-18(17)26(23)3/h7-8,11-14,16H,4-6,9-10H2,1-3H3/q+1. The number of para-hydroxylation sites is 2. The van der Waals surface area contributed by atoms with E-state index >= 15 is 0 Å². The van der Waals surface area contributed by atoms with Gasteiger partial charge in [0.25, 0.3) is 5.82 Å². The number of thiazole rings is 1. The molecule has 1 saturated carbocycles. The first-order valence-corrected chi connectivity index (χ1v) is 10.8. The van der Waals surface area contributed by atoms with E-state index in [2.05, 4.69) is 66.6 Å². The largest absolute Gasteiger partial charge is 0.291 e. The van der Waals surface area contributed by atoms with Crippen molar-refractivity contribution >= 4 is 32.6 Å². The van der Waals surface area contributed by atoms with E-state index in [1.165, 1.54) is 75.3 Å². The van der Waals surface area contributed by atoms with Crippen molar-refractivity contribution in [2.24, 2.45) is 14.1 Å². The summed E-state index contributed by atoms with van der Waals surface area (Å²) in [6, 6.07) is 13.2. The van der Waals surface area contributed by atoms with Crippen molar-refractivity contribution in [2.45, 2.75) is 44.9 Å². The fraction of sp³-hybridized carbons (Fsp3) is 0.391. The molecule has 1 fully saturated rings. The van der Waals surface area contributed by atoms with Crippen LogP contribution in [0.1, 0.15) is 48.6 Å². The van der Waals surface area contributed by atoms with Crippen LogP contribution in [0.3, 0.4) is 0 Å². The lowest BCUT2D eigenvalue weighted by atomic mass is 9.90. The van der Waals surface area contributed by atoms with Crippen molar-refractivity contribution in [1.82, 2.24) is 9.55 Å². The molecular weight excluding hydrogens is 350 g/mol. The van der Waals surface area contributed by atoms with E-state index in [9.17, 15) is 0 Å². The number of rotatable bonds is 2. The second kappa shape index (κ2) is 6.45. The van der Waals surface area contributed by atoms with Crippen LogP contribution in [0.2, 0.25) is 0 Å². The molecule has 2 heterocycles. The monoisotopic (exact) mass is 376 g/mol. The second-order valence-electron chi connectivity index (χ2n) is 7.92. The Labute approximate surface area is 164 Å². The first-order chi connectivity index (χ1) is 13.1. The lowest BCUT2D eigenvalue weighted by molar-refractivity contribution is -0.634. The molecule has 1 aliphatic rings. The van der Waals surface area contributed by atoms with Gasteiger partial charge >= 0.3 is 0 Å². The zero-order valence-corrected chi connectivity index (χ0v) is 17.1. The topological polar surface area (TPSA) is 21.7 Å². The number of hydrogen-bond donors (Lipinski definition) is 0. The molecule has 2 aromatic heterocycles. The second-order valence-corrected chi connectivity index (χ2v) is 8.98. The molecule has 4 heteroatoms. The van der Waals surface area contributed by atoms with Gasteiger partial charge in [-0.05, 0) is 43.5 Å². The van der Waals surface area contributed by atoms with E-state index in [1.807, 2.05) is 11.3 Å². The Balaban J connectivity index is 1.76. The Bertz CT molecular complexity index is 1110.